The zero-order chi connectivity index (χ0) is 16.2. The maximum Gasteiger partial charge on any atom is 0.287 e. The topological polar surface area (TPSA) is 97.7 Å². The highest BCUT2D eigenvalue weighted by atomic mass is 16.5. The van der Waals surface area contributed by atoms with Crippen molar-refractivity contribution in [3.63, 3.8) is 0 Å². The molecule has 2 heterocycles. The lowest BCUT2D eigenvalue weighted by molar-refractivity contribution is 0.0928. The summed E-state index contributed by atoms with van der Waals surface area (Å²) in [5.41, 5.74) is 1.59. The summed E-state index contributed by atoms with van der Waals surface area (Å²) in [6, 6.07) is 7.21. The van der Waals surface area contributed by atoms with Crippen molar-refractivity contribution in [2.75, 3.05) is 13.7 Å². The molecular weight excluding hydrogens is 296 g/mol. The van der Waals surface area contributed by atoms with E-state index < -0.39 is 0 Å². The van der Waals surface area contributed by atoms with Gasteiger partial charge in [0.25, 0.3) is 5.91 Å². The van der Waals surface area contributed by atoms with Crippen molar-refractivity contribution in [1.82, 2.24) is 30.0 Å². The summed E-state index contributed by atoms with van der Waals surface area (Å²) in [5, 5.41) is 10.8. The van der Waals surface area contributed by atoms with Crippen LogP contribution in [-0.4, -0.2) is 44.4 Å². The van der Waals surface area contributed by atoms with Crippen molar-refractivity contribution in [2.45, 2.75) is 19.5 Å². The quantitative estimate of drug-likeness (QED) is 0.714. The van der Waals surface area contributed by atoms with Crippen LogP contribution in [0.25, 0.3) is 11.0 Å². The van der Waals surface area contributed by atoms with E-state index in [0.29, 0.717) is 19.0 Å². The Hall–Kier alpha value is -2.74. The first-order valence-corrected chi connectivity index (χ1v) is 7.31. The molecular formula is C15H18N6O2. The molecule has 0 saturated heterocycles. The number of rotatable bonds is 6. The molecule has 0 aliphatic heterocycles. The molecule has 23 heavy (non-hydrogen) atoms. The van der Waals surface area contributed by atoms with Gasteiger partial charge in [0.05, 0.1) is 23.7 Å². The molecule has 3 aromatic rings. The second kappa shape index (κ2) is 6.57. The average Bonchev–Trinajstić information content (AvgIpc) is 3.19. The van der Waals surface area contributed by atoms with Crippen LogP contribution >= 0.6 is 0 Å². The van der Waals surface area contributed by atoms with E-state index in [1.165, 1.54) is 0 Å². The second-order valence-electron chi connectivity index (χ2n) is 5.17. The lowest BCUT2D eigenvalue weighted by atomic mass is 10.3. The van der Waals surface area contributed by atoms with Gasteiger partial charge < -0.3 is 19.6 Å². The second-order valence-corrected chi connectivity index (χ2v) is 5.17. The van der Waals surface area contributed by atoms with Gasteiger partial charge in [0.15, 0.2) is 11.6 Å². The van der Waals surface area contributed by atoms with Gasteiger partial charge >= 0.3 is 0 Å². The number of aromatic nitrogens is 5. The van der Waals surface area contributed by atoms with E-state index in [0.717, 1.165) is 11.0 Å². The number of nitrogens with zero attached hydrogens (tertiary/aromatic N) is 4. The zero-order valence-corrected chi connectivity index (χ0v) is 13.0. The normalized spacial score (nSPS) is 12.4. The molecule has 0 saturated carbocycles. The van der Waals surface area contributed by atoms with E-state index in [2.05, 4.69) is 25.5 Å². The smallest absolute Gasteiger partial charge is 0.287 e. The molecule has 1 aromatic carbocycles. The van der Waals surface area contributed by atoms with Crippen molar-refractivity contribution in [3.05, 3.63) is 42.2 Å². The minimum Gasteiger partial charge on any atom is -0.383 e. The number of nitrogens with one attached hydrogen (secondary N) is 2. The van der Waals surface area contributed by atoms with Crippen LogP contribution in [0.5, 0.6) is 0 Å². The van der Waals surface area contributed by atoms with Crippen molar-refractivity contribution in [2.24, 2.45) is 0 Å². The molecule has 0 radical (unpaired) electrons. The first-order chi connectivity index (χ1) is 11.2. The summed E-state index contributed by atoms with van der Waals surface area (Å²) in [6.45, 7) is 3.03. The summed E-state index contributed by atoms with van der Waals surface area (Å²) >= 11 is 0. The Morgan fingerprint density at radius 2 is 2.26 bits per heavy atom. The maximum absolute atomic E-state index is 12.4. The summed E-state index contributed by atoms with van der Waals surface area (Å²) in [4.78, 5) is 19.7. The number of hydrogen-bond acceptors (Lipinski definition) is 5. The Bertz CT molecular complexity index is 776. The molecule has 1 amide bonds. The molecule has 2 N–H and O–H groups in total. The van der Waals surface area contributed by atoms with Crippen molar-refractivity contribution < 1.29 is 9.53 Å². The van der Waals surface area contributed by atoms with Crippen molar-refractivity contribution in [3.8, 4) is 0 Å². The third-order valence-electron chi connectivity index (χ3n) is 3.52. The molecule has 2 aromatic heterocycles. The molecule has 1 atom stereocenters. The van der Waals surface area contributed by atoms with Crippen LogP contribution in [-0.2, 0) is 11.3 Å². The molecule has 1 unspecified atom stereocenters. The van der Waals surface area contributed by atoms with E-state index in [-0.39, 0.29) is 17.8 Å². The fourth-order valence-corrected chi connectivity index (χ4v) is 2.35. The van der Waals surface area contributed by atoms with Gasteiger partial charge in [-0.15, -0.1) is 10.2 Å². The Morgan fingerprint density at radius 1 is 1.43 bits per heavy atom. The number of ether oxygens (including phenoxy) is 1. The Labute approximate surface area is 132 Å². The number of amides is 1. The number of fused-ring (bicyclic) bond motifs is 1. The number of carbonyl (C=O) groups is 1. The monoisotopic (exact) mass is 314 g/mol. The van der Waals surface area contributed by atoms with E-state index in [4.69, 9.17) is 4.74 Å². The van der Waals surface area contributed by atoms with Gasteiger partial charge in [-0.3, -0.25) is 4.79 Å². The number of aromatic amines is 1. The van der Waals surface area contributed by atoms with Crippen LogP contribution < -0.4 is 5.32 Å². The third-order valence-corrected chi connectivity index (χ3v) is 3.52. The van der Waals surface area contributed by atoms with Gasteiger partial charge in [0, 0.05) is 13.7 Å². The number of carbonyl (C=O) groups excluding carboxylic acids is 1. The van der Waals surface area contributed by atoms with Gasteiger partial charge in [0.1, 0.15) is 6.33 Å². The number of benzene rings is 1. The molecule has 8 nitrogen and oxygen atoms in total. The zero-order valence-electron chi connectivity index (χ0n) is 13.0. The van der Waals surface area contributed by atoms with Crippen LogP contribution in [0, 0.1) is 0 Å². The molecule has 8 heteroatoms. The SMILES string of the molecule is COCCn1cnnc1C(C)NC(=O)c1nc2ccccc2[nH]1. The Balaban J connectivity index is 1.73. The summed E-state index contributed by atoms with van der Waals surface area (Å²) in [7, 11) is 1.64. The van der Waals surface area contributed by atoms with Gasteiger partial charge in [-0.2, -0.15) is 0 Å². The predicted octanol–water partition coefficient (Wildman–Crippen LogP) is 1.29. The van der Waals surface area contributed by atoms with Gasteiger partial charge in [-0.1, -0.05) is 12.1 Å². The highest BCUT2D eigenvalue weighted by molar-refractivity contribution is 5.94. The Morgan fingerprint density at radius 3 is 3.04 bits per heavy atom. The number of H-pyrrole nitrogens is 1. The van der Waals surface area contributed by atoms with Gasteiger partial charge in [-0.25, -0.2) is 4.98 Å². The number of para-hydroxylation sites is 2. The van der Waals surface area contributed by atoms with Crippen molar-refractivity contribution in [1.29, 1.82) is 0 Å². The fraction of sp³-hybridized carbons (Fsp3) is 0.333. The standard InChI is InChI=1S/C15H18N6O2/c1-10(14-20-16-9-21(14)7-8-23-2)17-15(22)13-18-11-5-3-4-6-12(11)19-13/h3-6,9-10H,7-8H2,1-2H3,(H,17,22)(H,18,19). The summed E-state index contributed by atoms with van der Waals surface area (Å²) in [6.07, 6.45) is 1.62. The molecule has 0 spiro atoms. The summed E-state index contributed by atoms with van der Waals surface area (Å²) < 4.78 is 6.91. The Kier molecular flexibility index (Phi) is 4.33. The molecule has 0 fully saturated rings. The van der Waals surface area contributed by atoms with E-state index in [1.54, 1.807) is 13.4 Å². The minimum absolute atomic E-state index is 0.279. The highest BCUT2D eigenvalue weighted by Crippen LogP contribution is 2.13. The van der Waals surface area contributed by atoms with Crippen molar-refractivity contribution >= 4 is 16.9 Å². The first-order valence-electron chi connectivity index (χ1n) is 7.31. The van der Waals surface area contributed by atoms with E-state index >= 15 is 0 Å². The highest BCUT2D eigenvalue weighted by Gasteiger charge is 2.18. The molecule has 3 rings (SSSR count). The predicted molar refractivity (Wildman–Crippen MR) is 83.9 cm³/mol. The van der Waals surface area contributed by atoms with Crippen LogP contribution in [0.4, 0.5) is 0 Å². The van der Waals surface area contributed by atoms with Crippen LogP contribution in [0.3, 0.4) is 0 Å². The van der Waals surface area contributed by atoms with E-state index in [1.807, 2.05) is 35.8 Å². The summed E-state index contributed by atoms with van der Waals surface area (Å²) in [5.74, 6) is 0.669. The van der Waals surface area contributed by atoms with Gasteiger partial charge in [-0.05, 0) is 19.1 Å². The number of methoxy groups -OCH3 is 1. The van der Waals surface area contributed by atoms with Crippen LogP contribution in [0.1, 0.15) is 29.4 Å². The molecule has 0 aliphatic rings. The van der Waals surface area contributed by atoms with Crippen LogP contribution in [0.15, 0.2) is 30.6 Å². The fourth-order valence-electron chi connectivity index (χ4n) is 2.35. The van der Waals surface area contributed by atoms with Gasteiger partial charge in [0.2, 0.25) is 0 Å². The lowest BCUT2D eigenvalue weighted by Crippen LogP contribution is -2.29. The molecule has 120 valence electrons. The van der Waals surface area contributed by atoms with E-state index in [9.17, 15) is 4.79 Å². The maximum atomic E-state index is 12.4. The number of imidazole rings is 1. The third kappa shape index (κ3) is 3.21. The number of hydrogen-bond donors (Lipinski definition) is 2. The minimum atomic E-state index is -0.296. The molecule has 0 bridgehead atoms. The average molecular weight is 314 g/mol. The lowest BCUT2D eigenvalue weighted by Gasteiger charge is -2.13. The first kappa shape index (κ1) is 15.2. The van der Waals surface area contributed by atoms with Crippen LogP contribution in [0.2, 0.25) is 0 Å². The molecule has 0 aliphatic carbocycles. The largest absolute Gasteiger partial charge is 0.383 e.